The molecule has 0 aliphatic carbocycles. The molecule has 2 heterocycles. The molecule has 2 aliphatic heterocycles. The normalized spacial score (nSPS) is 17.5. The van der Waals surface area contributed by atoms with Crippen molar-refractivity contribution in [2.45, 2.75) is 6.54 Å². The minimum absolute atomic E-state index is 0.0116. The van der Waals surface area contributed by atoms with Crippen LogP contribution in [0.5, 0.6) is 11.5 Å². The Bertz CT molecular complexity index is 962. The smallest absolute Gasteiger partial charge is 0.293 e. The summed E-state index contributed by atoms with van der Waals surface area (Å²) in [4.78, 5) is 26.2. The number of hydrogen-bond donors (Lipinski definition) is 0. The van der Waals surface area contributed by atoms with E-state index in [0.717, 1.165) is 28.3 Å². The number of fused-ring (bicyclic) bond motifs is 1. The van der Waals surface area contributed by atoms with Gasteiger partial charge in [0, 0.05) is 5.02 Å². The van der Waals surface area contributed by atoms with Crippen LogP contribution in [0.25, 0.3) is 6.08 Å². The Morgan fingerprint density at radius 2 is 1.96 bits per heavy atom. The molecule has 8 heteroatoms. The highest BCUT2D eigenvalue weighted by Gasteiger charge is 2.35. The molecule has 2 aliphatic rings. The second-order valence-electron chi connectivity index (χ2n) is 5.62. The predicted octanol–water partition coefficient (Wildman–Crippen LogP) is 4.44. The highest BCUT2D eigenvalue weighted by Crippen LogP contribution is 2.37. The standard InChI is InChI=1S/C18H11ClFNO4S/c19-13-7-12(20)3-2-11(13)8-21-17(22)16(26-18(21)23)6-10-1-4-14-15(5-10)25-9-24-14/h1-7H,8-9H2/b16-6-. The minimum Gasteiger partial charge on any atom is -0.454 e. The first-order valence-corrected chi connectivity index (χ1v) is 8.79. The van der Waals surface area contributed by atoms with Crippen molar-refractivity contribution in [1.29, 1.82) is 0 Å². The topological polar surface area (TPSA) is 55.8 Å². The van der Waals surface area contributed by atoms with Crippen LogP contribution in [0.3, 0.4) is 0 Å². The Labute approximate surface area is 157 Å². The van der Waals surface area contributed by atoms with Gasteiger partial charge in [-0.2, -0.15) is 0 Å². The molecule has 5 nitrogen and oxygen atoms in total. The maximum absolute atomic E-state index is 13.1. The number of ether oxygens (including phenoxy) is 2. The molecular formula is C18H11ClFNO4S. The van der Waals surface area contributed by atoms with Crippen molar-refractivity contribution in [3.05, 3.63) is 63.3 Å². The van der Waals surface area contributed by atoms with Gasteiger partial charge in [-0.1, -0.05) is 23.7 Å². The fraction of sp³-hybridized carbons (Fsp3) is 0.111. The van der Waals surface area contributed by atoms with E-state index in [1.54, 1.807) is 24.3 Å². The van der Waals surface area contributed by atoms with E-state index < -0.39 is 17.0 Å². The summed E-state index contributed by atoms with van der Waals surface area (Å²) in [7, 11) is 0. The third kappa shape index (κ3) is 3.15. The summed E-state index contributed by atoms with van der Waals surface area (Å²) >= 11 is 6.83. The summed E-state index contributed by atoms with van der Waals surface area (Å²) in [6, 6.07) is 9.12. The van der Waals surface area contributed by atoms with Gasteiger partial charge in [-0.15, -0.1) is 0 Å². The van der Waals surface area contributed by atoms with Crippen LogP contribution in [0, 0.1) is 5.82 Å². The van der Waals surface area contributed by atoms with Crippen molar-refractivity contribution in [3.63, 3.8) is 0 Å². The number of hydrogen-bond acceptors (Lipinski definition) is 5. The van der Waals surface area contributed by atoms with Gasteiger partial charge >= 0.3 is 0 Å². The third-order valence-electron chi connectivity index (χ3n) is 3.91. The van der Waals surface area contributed by atoms with Crippen LogP contribution >= 0.6 is 23.4 Å². The second-order valence-corrected chi connectivity index (χ2v) is 7.02. The zero-order valence-corrected chi connectivity index (χ0v) is 14.8. The van der Waals surface area contributed by atoms with Crippen LogP contribution in [0.1, 0.15) is 11.1 Å². The average Bonchev–Trinajstić information content (AvgIpc) is 3.16. The molecule has 4 rings (SSSR count). The molecular weight excluding hydrogens is 381 g/mol. The molecule has 0 radical (unpaired) electrons. The van der Waals surface area contributed by atoms with Crippen LogP contribution in [0.4, 0.5) is 9.18 Å². The quantitative estimate of drug-likeness (QED) is 0.724. The van der Waals surface area contributed by atoms with Crippen molar-refractivity contribution in [2.75, 3.05) is 6.79 Å². The number of carbonyl (C=O) groups excluding carboxylic acids is 2. The highest BCUT2D eigenvalue weighted by molar-refractivity contribution is 8.18. The summed E-state index contributed by atoms with van der Waals surface area (Å²) in [6.07, 6.45) is 1.62. The van der Waals surface area contributed by atoms with E-state index in [-0.39, 0.29) is 18.4 Å². The molecule has 132 valence electrons. The SMILES string of the molecule is O=C1S/C(=C\c2ccc3c(c2)OCO3)C(=O)N1Cc1ccc(F)cc1Cl. The Hall–Kier alpha value is -2.51. The number of rotatable bonds is 3. The molecule has 0 spiro atoms. The Kier molecular flexibility index (Phi) is 4.34. The van der Waals surface area contributed by atoms with E-state index in [9.17, 15) is 14.0 Å². The maximum atomic E-state index is 13.1. The van der Waals surface area contributed by atoms with Crippen LogP contribution in [0.2, 0.25) is 5.02 Å². The van der Waals surface area contributed by atoms with Crippen LogP contribution in [-0.2, 0) is 11.3 Å². The van der Waals surface area contributed by atoms with Gasteiger partial charge in [-0.25, -0.2) is 4.39 Å². The lowest BCUT2D eigenvalue weighted by molar-refractivity contribution is -0.123. The van der Waals surface area contributed by atoms with E-state index in [1.807, 2.05) is 0 Å². The van der Waals surface area contributed by atoms with Crippen LogP contribution in [-0.4, -0.2) is 22.8 Å². The summed E-state index contributed by atoms with van der Waals surface area (Å²) in [5.41, 5.74) is 1.22. The lowest BCUT2D eigenvalue weighted by atomic mass is 10.1. The zero-order chi connectivity index (χ0) is 18.3. The Morgan fingerprint density at radius 3 is 2.77 bits per heavy atom. The van der Waals surface area contributed by atoms with Gasteiger partial charge in [-0.05, 0) is 53.2 Å². The van der Waals surface area contributed by atoms with E-state index in [1.165, 1.54) is 12.1 Å². The van der Waals surface area contributed by atoms with Crippen LogP contribution < -0.4 is 9.47 Å². The van der Waals surface area contributed by atoms with Gasteiger partial charge < -0.3 is 9.47 Å². The number of amides is 2. The number of benzene rings is 2. The number of nitrogens with zero attached hydrogens (tertiary/aromatic N) is 1. The first kappa shape index (κ1) is 16.9. The molecule has 1 fully saturated rings. The van der Waals surface area contributed by atoms with Gasteiger partial charge in [0.15, 0.2) is 11.5 Å². The predicted molar refractivity (Wildman–Crippen MR) is 95.5 cm³/mol. The molecule has 0 aromatic heterocycles. The molecule has 2 amide bonds. The Morgan fingerprint density at radius 1 is 1.15 bits per heavy atom. The number of imide groups is 1. The summed E-state index contributed by atoms with van der Waals surface area (Å²) in [5.74, 6) is 0.339. The third-order valence-corrected chi connectivity index (χ3v) is 5.17. The highest BCUT2D eigenvalue weighted by atomic mass is 35.5. The van der Waals surface area contributed by atoms with Gasteiger partial charge in [0.2, 0.25) is 6.79 Å². The number of carbonyl (C=O) groups is 2. The molecule has 0 bridgehead atoms. The molecule has 0 N–H and O–H groups in total. The first-order valence-electron chi connectivity index (χ1n) is 7.60. The maximum Gasteiger partial charge on any atom is 0.293 e. The molecule has 0 atom stereocenters. The minimum atomic E-state index is -0.476. The number of halogens is 2. The molecule has 2 aromatic carbocycles. The lowest BCUT2D eigenvalue weighted by Crippen LogP contribution is -2.27. The average molecular weight is 392 g/mol. The Balaban J connectivity index is 1.57. The van der Waals surface area contributed by atoms with Gasteiger partial charge in [0.25, 0.3) is 11.1 Å². The lowest BCUT2D eigenvalue weighted by Gasteiger charge is -2.13. The van der Waals surface area contributed by atoms with Crippen molar-refractivity contribution < 1.29 is 23.5 Å². The molecule has 1 saturated heterocycles. The summed E-state index contributed by atoms with van der Waals surface area (Å²) < 4.78 is 23.7. The molecule has 0 saturated carbocycles. The van der Waals surface area contributed by atoms with Crippen LogP contribution in [0.15, 0.2) is 41.3 Å². The molecule has 0 unspecified atom stereocenters. The fourth-order valence-corrected chi connectivity index (χ4v) is 3.68. The van der Waals surface area contributed by atoms with Crippen molar-refractivity contribution >= 4 is 40.6 Å². The molecule has 26 heavy (non-hydrogen) atoms. The van der Waals surface area contributed by atoms with Gasteiger partial charge in [0.05, 0.1) is 11.4 Å². The fourth-order valence-electron chi connectivity index (χ4n) is 2.61. The zero-order valence-electron chi connectivity index (χ0n) is 13.2. The summed E-state index contributed by atoms with van der Waals surface area (Å²) in [5, 5.41) is -0.230. The second kappa shape index (κ2) is 6.66. The molecule has 2 aromatic rings. The largest absolute Gasteiger partial charge is 0.454 e. The van der Waals surface area contributed by atoms with Crippen molar-refractivity contribution in [1.82, 2.24) is 4.90 Å². The van der Waals surface area contributed by atoms with E-state index in [4.69, 9.17) is 21.1 Å². The van der Waals surface area contributed by atoms with E-state index in [2.05, 4.69) is 0 Å². The van der Waals surface area contributed by atoms with Crippen molar-refractivity contribution in [2.24, 2.45) is 0 Å². The first-order chi connectivity index (χ1) is 12.5. The van der Waals surface area contributed by atoms with Gasteiger partial charge in [-0.3, -0.25) is 14.5 Å². The van der Waals surface area contributed by atoms with Crippen molar-refractivity contribution in [3.8, 4) is 11.5 Å². The monoisotopic (exact) mass is 391 g/mol. The van der Waals surface area contributed by atoms with E-state index >= 15 is 0 Å². The van der Waals surface area contributed by atoms with Gasteiger partial charge in [0.1, 0.15) is 5.82 Å². The number of thioether (sulfide) groups is 1. The van der Waals surface area contributed by atoms with E-state index in [0.29, 0.717) is 22.0 Å². The summed E-state index contributed by atoms with van der Waals surface area (Å²) in [6.45, 7) is 0.149.